The van der Waals surface area contributed by atoms with Gasteiger partial charge in [-0.05, 0) is 6.07 Å². The molecule has 98 valence electrons. The third kappa shape index (κ3) is 1.97. The van der Waals surface area contributed by atoms with Crippen LogP contribution in [0.15, 0.2) is 30.6 Å². The fourth-order valence-corrected chi connectivity index (χ4v) is 2.27. The Labute approximate surface area is 111 Å². The molecule has 0 unspecified atom stereocenters. The first kappa shape index (κ1) is 11.8. The second-order valence-electron chi connectivity index (χ2n) is 4.30. The molecule has 2 heterocycles. The van der Waals surface area contributed by atoms with Crippen molar-refractivity contribution in [1.82, 2.24) is 9.97 Å². The number of hydrogen-bond acceptors (Lipinski definition) is 5. The zero-order valence-electron chi connectivity index (χ0n) is 11.0. The highest BCUT2D eigenvalue weighted by molar-refractivity contribution is 5.92. The number of benzene rings is 1. The van der Waals surface area contributed by atoms with E-state index in [0.29, 0.717) is 11.5 Å². The van der Waals surface area contributed by atoms with E-state index in [0.717, 1.165) is 29.8 Å². The molecule has 0 amide bonds. The highest BCUT2D eigenvalue weighted by atomic mass is 16.5. The molecule has 0 atom stereocenters. The zero-order chi connectivity index (χ0) is 13.2. The Morgan fingerprint density at radius 2 is 1.68 bits per heavy atom. The number of methoxy groups -OCH3 is 2. The van der Waals surface area contributed by atoms with Crippen LogP contribution in [0.2, 0.25) is 0 Å². The first-order valence-electron chi connectivity index (χ1n) is 6.10. The van der Waals surface area contributed by atoms with Crippen molar-refractivity contribution in [3.63, 3.8) is 0 Å². The van der Waals surface area contributed by atoms with Crippen LogP contribution in [0.25, 0.3) is 10.9 Å². The van der Waals surface area contributed by atoms with Gasteiger partial charge in [-0.2, -0.15) is 0 Å². The average molecular weight is 257 g/mol. The Morgan fingerprint density at radius 3 is 2.37 bits per heavy atom. The van der Waals surface area contributed by atoms with Gasteiger partial charge in [-0.15, -0.1) is 0 Å². The van der Waals surface area contributed by atoms with Gasteiger partial charge in [0.1, 0.15) is 12.1 Å². The molecule has 0 bridgehead atoms. The summed E-state index contributed by atoms with van der Waals surface area (Å²) in [5.74, 6) is 2.30. The molecule has 5 nitrogen and oxygen atoms in total. The third-order valence-corrected chi connectivity index (χ3v) is 3.24. The van der Waals surface area contributed by atoms with Gasteiger partial charge in [0, 0.05) is 24.5 Å². The molecule has 3 rings (SSSR count). The lowest BCUT2D eigenvalue weighted by Gasteiger charge is -2.18. The molecule has 0 aliphatic carbocycles. The minimum atomic E-state index is 0.680. The second-order valence-corrected chi connectivity index (χ2v) is 4.30. The van der Waals surface area contributed by atoms with E-state index in [4.69, 9.17) is 9.47 Å². The monoisotopic (exact) mass is 257 g/mol. The smallest absolute Gasteiger partial charge is 0.162 e. The van der Waals surface area contributed by atoms with E-state index in [9.17, 15) is 0 Å². The van der Waals surface area contributed by atoms with Crippen LogP contribution in [0.4, 0.5) is 5.82 Å². The zero-order valence-corrected chi connectivity index (χ0v) is 11.0. The summed E-state index contributed by atoms with van der Waals surface area (Å²) in [7, 11) is 3.25. The molecule has 2 aromatic rings. The molecule has 19 heavy (non-hydrogen) atoms. The van der Waals surface area contributed by atoms with E-state index < -0.39 is 0 Å². The molecule has 5 heteroatoms. The number of ether oxygens (including phenoxy) is 2. The number of fused-ring (bicyclic) bond motifs is 1. The molecule has 0 fully saturated rings. The lowest BCUT2D eigenvalue weighted by Crippen LogP contribution is -2.20. The van der Waals surface area contributed by atoms with Gasteiger partial charge in [0.25, 0.3) is 0 Å². The summed E-state index contributed by atoms with van der Waals surface area (Å²) in [5, 5.41) is 0.976. The Hall–Kier alpha value is -2.30. The van der Waals surface area contributed by atoms with E-state index in [1.165, 1.54) is 0 Å². The van der Waals surface area contributed by atoms with Crippen LogP contribution in [-0.4, -0.2) is 37.3 Å². The molecule has 0 N–H and O–H groups in total. The van der Waals surface area contributed by atoms with Crippen LogP contribution in [0.3, 0.4) is 0 Å². The molecule has 1 aromatic carbocycles. The van der Waals surface area contributed by atoms with Gasteiger partial charge in [0.2, 0.25) is 0 Å². The van der Waals surface area contributed by atoms with E-state index >= 15 is 0 Å². The predicted molar refractivity (Wildman–Crippen MR) is 74.0 cm³/mol. The summed E-state index contributed by atoms with van der Waals surface area (Å²) >= 11 is 0. The van der Waals surface area contributed by atoms with E-state index in [-0.39, 0.29) is 0 Å². The SMILES string of the molecule is COc1cc2ncnc(N3CC=CC3)c2cc1OC. The predicted octanol–water partition coefficient (Wildman–Crippen LogP) is 2.02. The topological polar surface area (TPSA) is 47.5 Å². The minimum Gasteiger partial charge on any atom is -0.493 e. The van der Waals surface area contributed by atoms with Gasteiger partial charge in [-0.3, -0.25) is 0 Å². The van der Waals surface area contributed by atoms with Crippen molar-refractivity contribution in [2.24, 2.45) is 0 Å². The molecule has 0 saturated heterocycles. The molecular weight excluding hydrogens is 242 g/mol. The largest absolute Gasteiger partial charge is 0.493 e. The quantitative estimate of drug-likeness (QED) is 0.787. The highest BCUT2D eigenvalue weighted by Crippen LogP contribution is 2.34. The van der Waals surface area contributed by atoms with Crippen molar-refractivity contribution in [3.8, 4) is 11.5 Å². The Bertz CT molecular complexity index is 632. The summed E-state index contributed by atoms with van der Waals surface area (Å²) in [6.45, 7) is 1.75. The van der Waals surface area contributed by atoms with Gasteiger partial charge in [-0.1, -0.05) is 12.2 Å². The lowest BCUT2D eigenvalue weighted by molar-refractivity contribution is 0.356. The van der Waals surface area contributed by atoms with Crippen molar-refractivity contribution in [3.05, 3.63) is 30.6 Å². The van der Waals surface area contributed by atoms with Crippen LogP contribution < -0.4 is 14.4 Å². The van der Waals surface area contributed by atoms with Crippen LogP contribution >= 0.6 is 0 Å². The second kappa shape index (κ2) is 4.76. The summed E-state index contributed by atoms with van der Waals surface area (Å²) < 4.78 is 10.6. The molecule has 1 aromatic heterocycles. The first-order chi connectivity index (χ1) is 9.33. The summed E-state index contributed by atoms with van der Waals surface area (Å²) in [4.78, 5) is 10.9. The van der Waals surface area contributed by atoms with Crippen molar-refractivity contribution in [2.75, 3.05) is 32.2 Å². The summed E-state index contributed by atoms with van der Waals surface area (Å²) in [6.07, 6.45) is 5.85. The van der Waals surface area contributed by atoms with Gasteiger partial charge >= 0.3 is 0 Å². The number of nitrogens with zero attached hydrogens (tertiary/aromatic N) is 3. The maximum absolute atomic E-state index is 5.35. The number of anilines is 1. The Kier molecular flexibility index (Phi) is 2.95. The summed E-state index contributed by atoms with van der Waals surface area (Å²) in [6, 6.07) is 3.81. The van der Waals surface area contributed by atoms with Crippen molar-refractivity contribution in [2.45, 2.75) is 0 Å². The molecule has 0 radical (unpaired) electrons. The van der Waals surface area contributed by atoms with Gasteiger partial charge in [0.15, 0.2) is 11.5 Å². The van der Waals surface area contributed by atoms with Crippen LogP contribution in [0.1, 0.15) is 0 Å². The maximum atomic E-state index is 5.35. The fraction of sp³-hybridized carbons (Fsp3) is 0.286. The maximum Gasteiger partial charge on any atom is 0.162 e. The Balaban J connectivity index is 2.18. The normalized spacial score (nSPS) is 14.1. The van der Waals surface area contributed by atoms with E-state index in [1.54, 1.807) is 20.5 Å². The minimum absolute atomic E-state index is 0.680. The first-order valence-corrected chi connectivity index (χ1v) is 6.10. The fourth-order valence-electron chi connectivity index (χ4n) is 2.27. The lowest BCUT2D eigenvalue weighted by atomic mass is 10.2. The van der Waals surface area contributed by atoms with E-state index in [1.807, 2.05) is 12.1 Å². The van der Waals surface area contributed by atoms with Gasteiger partial charge in [-0.25, -0.2) is 9.97 Å². The van der Waals surface area contributed by atoms with Gasteiger partial charge in [0.05, 0.1) is 19.7 Å². The van der Waals surface area contributed by atoms with Crippen molar-refractivity contribution >= 4 is 16.7 Å². The summed E-state index contributed by atoms with van der Waals surface area (Å²) in [5.41, 5.74) is 0.856. The standard InChI is InChI=1S/C14H15N3O2/c1-18-12-7-10-11(8-13(12)19-2)15-9-16-14(10)17-5-3-4-6-17/h3-4,7-9H,5-6H2,1-2H3. The Morgan fingerprint density at radius 1 is 1.00 bits per heavy atom. The molecular formula is C14H15N3O2. The molecule has 0 spiro atoms. The number of aromatic nitrogens is 2. The highest BCUT2D eigenvalue weighted by Gasteiger charge is 2.15. The molecule has 1 aliphatic rings. The van der Waals surface area contributed by atoms with Crippen molar-refractivity contribution in [1.29, 1.82) is 0 Å². The van der Waals surface area contributed by atoms with Crippen LogP contribution in [0.5, 0.6) is 11.5 Å². The molecule has 1 aliphatic heterocycles. The average Bonchev–Trinajstić information content (AvgIpc) is 2.99. The van der Waals surface area contributed by atoms with E-state index in [2.05, 4.69) is 27.0 Å². The molecule has 0 saturated carbocycles. The van der Waals surface area contributed by atoms with Crippen molar-refractivity contribution < 1.29 is 9.47 Å². The van der Waals surface area contributed by atoms with Crippen LogP contribution in [-0.2, 0) is 0 Å². The van der Waals surface area contributed by atoms with Crippen LogP contribution in [0, 0.1) is 0 Å². The number of rotatable bonds is 3. The third-order valence-electron chi connectivity index (χ3n) is 3.24. The number of hydrogen-bond donors (Lipinski definition) is 0. The van der Waals surface area contributed by atoms with Gasteiger partial charge < -0.3 is 14.4 Å².